The molecule has 1 saturated heterocycles. The summed E-state index contributed by atoms with van der Waals surface area (Å²) in [6, 6.07) is 5.14. The zero-order chi connectivity index (χ0) is 21.3. The van der Waals surface area contributed by atoms with Gasteiger partial charge in [-0.1, -0.05) is 12.5 Å². The fraction of sp³-hybridized carbons (Fsp3) is 0.524. The molecule has 2 heterocycles. The van der Waals surface area contributed by atoms with Crippen LogP contribution in [0.5, 0.6) is 0 Å². The molecule has 9 nitrogen and oxygen atoms in total. The zero-order valence-corrected chi connectivity index (χ0v) is 16.7. The summed E-state index contributed by atoms with van der Waals surface area (Å²) < 4.78 is 4.96. The minimum Gasteiger partial charge on any atom is -0.449 e. The molecule has 0 aromatic heterocycles. The number of benzene rings is 1. The Morgan fingerprint density at radius 1 is 1.23 bits per heavy atom. The van der Waals surface area contributed by atoms with Gasteiger partial charge in [0.25, 0.3) is 5.91 Å². The first-order chi connectivity index (χ1) is 14.4. The number of anilines is 1. The summed E-state index contributed by atoms with van der Waals surface area (Å²) in [6.45, 7) is 0.659. The summed E-state index contributed by atoms with van der Waals surface area (Å²) in [5.74, 6) is -0.636. The number of hydrogen-bond donors (Lipinski definition) is 3. The SMILES string of the molecule is NC(=O)OC[C@H]1CCC[C@H](Nc2cccc3c2CN(C2CCC(=O)NC2=O)C3=O)C1. The van der Waals surface area contributed by atoms with Gasteiger partial charge in [0.15, 0.2) is 0 Å². The van der Waals surface area contributed by atoms with Crippen molar-refractivity contribution in [1.82, 2.24) is 10.2 Å². The lowest BCUT2D eigenvalue weighted by Crippen LogP contribution is -2.52. The average Bonchev–Trinajstić information content (AvgIpc) is 3.04. The number of rotatable bonds is 5. The van der Waals surface area contributed by atoms with Crippen LogP contribution in [-0.2, 0) is 20.9 Å². The predicted octanol–water partition coefficient (Wildman–Crippen LogP) is 1.51. The van der Waals surface area contributed by atoms with Crippen molar-refractivity contribution in [3.63, 3.8) is 0 Å². The predicted molar refractivity (Wildman–Crippen MR) is 107 cm³/mol. The molecule has 1 unspecified atom stereocenters. The number of ether oxygens (including phenoxy) is 1. The first-order valence-electron chi connectivity index (χ1n) is 10.4. The van der Waals surface area contributed by atoms with Crippen molar-refractivity contribution in [3.8, 4) is 0 Å². The highest BCUT2D eigenvalue weighted by Gasteiger charge is 2.40. The minimum atomic E-state index is -0.752. The highest BCUT2D eigenvalue weighted by Crippen LogP contribution is 2.34. The molecule has 0 radical (unpaired) electrons. The lowest BCUT2D eigenvalue weighted by atomic mass is 9.86. The monoisotopic (exact) mass is 414 g/mol. The summed E-state index contributed by atoms with van der Waals surface area (Å²) in [5, 5.41) is 5.88. The first kappa shape index (κ1) is 20.2. The third-order valence-corrected chi connectivity index (χ3v) is 6.19. The van der Waals surface area contributed by atoms with E-state index in [1.807, 2.05) is 12.1 Å². The number of nitrogens with two attached hydrogens (primary N) is 1. The van der Waals surface area contributed by atoms with Gasteiger partial charge in [0.1, 0.15) is 6.04 Å². The highest BCUT2D eigenvalue weighted by atomic mass is 16.5. The number of carbonyl (C=O) groups excluding carboxylic acids is 4. The van der Waals surface area contributed by atoms with Gasteiger partial charge in [-0.25, -0.2) is 4.79 Å². The van der Waals surface area contributed by atoms with Gasteiger partial charge in [-0.2, -0.15) is 0 Å². The minimum absolute atomic E-state index is 0.181. The van der Waals surface area contributed by atoms with E-state index in [9.17, 15) is 19.2 Å². The van der Waals surface area contributed by atoms with Crippen molar-refractivity contribution in [2.24, 2.45) is 11.7 Å². The summed E-state index contributed by atoms with van der Waals surface area (Å²) in [6.07, 6.45) is 3.66. The Bertz CT molecular complexity index is 886. The molecular weight excluding hydrogens is 388 g/mol. The molecule has 1 aliphatic carbocycles. The molecule has 3 aliphatic rings. The van der Waals surface area contributed by atoms with Crippen LogP contribution in [0.15, 0.2) is 18.2 Å². The first-order valence-corrected chi connectivity index (χ1v) is 10.4. The van der Waals surface area contributed by atoms with Gasteiger partial charge in [-0.3, -0.25) is 19.7 Å². The Kier molecular flexibility index (Phi) is 5.61. The van der Waals surface area contributed by atoms with E-state index in [-0.39, 0.29) is 30.2 Å². The number of imide groups is 1. The molecule has 160 valence electrons. The van der Waals surface area contributed by atoms with Crippen molar-refractivity contribution in [3.05, 3.63) is 29.3 Å². The molecule has 1 saturated carbocycles. The van der Waals surface area contributed by atoms with E-state index in [2.05, 4.69) is 10.6 Å². The molecule has 1 aromatic rings. The molecule has 9 heteroatoms. The van der Waals surface area contributed by atoms with Gasteiger partial charge in [0.2, 0.25) is 11.8 Å². The van der Waals surface area contributed by atoms with Gasteiger partial charge in [0.05, 0.1) is 6.61 Å². The van der Waals surface area contributed by atoms with Crippen molar-refractivity contribution in [2.75, 3.05) is 11.9 Å². The number of amides is 4. The number of primary amides is 1. The van der Waals surface area contributed by atoms with E-state index in [0.29, 0.717) is 25.1 Å². The highest BCUT2D eigenvalue weighted by molar-refractivity contribution is 6.06. The second-order valence-electron chi connectivity index (χ2n) is 8.24. The smallest absolute Gasteiger partial charge is 0.404 e. The Balaban J connectivity index is 1.46. The molecule has 0 bridgehead atoms. The maximum Gasteiger partial charge on any atom is 0.404 e. The van der Waals surface area contributed by atoms with E-state index in [4.69, 9.17) is 10.5 Å². The van der Waals surface area contributed by atoms with Gasteiger partial charge in [-0.05, 0) is 43.7 Å². The summed E-state index contributed by atoms with van der Waals surface area (Å²) >= 11 is 0. The topological polar surface area (TPSA) is 131 Å². The van der Waals surface area contributed by atoms with E-state index in [1.165, 1.54) is 0 Å². The number of carbonyl (C=O) groups is 4. The Hall–Kier alpha value is -3.10. The van der Waals surface area contributed by atoms with Crippen LogP contribution in [0.2, 0.25) is 0 Å². The molecular formula is C21H26N4O5. The second-order valence-corrected chi connectivity index (χ2v) is 8.24. The van der Waals surface area contributed by atoms with Crippen LogP contribution in [0.25, 0.3) is 0 Å². The standard InChI is InChI=1S/C21H26N4O5/c22-21(29)30-11-12-3-1-4-13(9-12)23-16-6-2-5-14-15(16)10-25(20(14)28)17-7-8-18(26)24-19(17)27/h2,5-6,12-13,17,23H,1,3-4,7-11H2,(H2,22,29)(H,24,26,27)/t12-,13-,17?/m0/s1. The van der Waals surface area contributed by atoms with Crippen molar-refractivity contribution >= 4 is 29.5 Å². The molecule has 2 fully saturated rings. The quantitative estimate of drug-likeness (QED) is 0.626. The fourth-order valence-electron chi connectivity index (χ4n) is 4.71. The number of nitrogens with zero attached hydrogens (tertiary/aromatic N) is 1. The van der Waals surface area contributed by atoms with E-state index in [0.717, 1.165) is 36.9 Å². The number of nitrogens with one attached hydrogen (secondary N) is 2. The third-order valence-electron chi connectivity index (χ3n) is 6.19. The van der Waals surface area contributed by atoms with Gasteiger partial charge < -0.3 is 20.7 Å². The lowest BCUT2D eigenvalue weighted by molar-refractivity contribution is -0.136. The lowest BCUT2D eigenvalue weighted by Gasteiger charge is -2.31. The molecule has 0 spiro atoms. The normalized spacial score (nSPS) is 26.2. The Labute approximate surface area is 174 Å². The van der Waals surface area contributed by atoms with Gasteiger partial charge in [-0.15, -0.1) is 0 Å². The summed E-state index contributed by atoms with van der Waals surface area (Å²) in [4.78, 5) is 49.1. The summed E-state index contributed by atoms with van der Waals surface area (Å²) in [7, 11) is 0. The van der Waals surface area contributed by atoms with Crippen LogP contribution in [0, 0.1) is 5.92 Å². The van der Waals surface area contributed by atoms with Crippen LogP contribution in [-0.4, -0.2) is 47.4 Å². The summed E-state index contributed by atoms with van der Waals surface area (Å²) in [5.41, 5.74) is 7.43. The molecule has 30 heavy (non-hydrogen) atoms. The Morgan fingerprint density at radius 2 is 2.07 bits per heavy atom. The zero-order valence-electron chi connectivity index (χ0n) is 16.7. The number of hydrogen-bond acceptors (Lipinski definition) is 6. The van der Waals surface area contributed by atoms with E-state index >= 15 is 0 Å². The largest absolute Gasteiger partial charge is 0.449 e. The Morgan fingerprint density at radius 3 is 2.83 bits per heavy atom. The average molecular weight is 414 g/mol. The molecule has 2 aliphatic heterocycles. The fourth-order valence-corrected chi connectivity index (χ4v) is 4.71. The van der Waals surface area contributed by atoms with Crippen molar-refractivity contribution < 1.29 is 23.9 Å². The number of piperidine rings is 1. The third kappa shape index (κ3) is 4.10. The van der Waals surface area contributed by atoms with Crippen LogP contribution in [0.3, 0.4) is 0 Å². The van der Waals surface area contributed by atoms with Gasteiger partial charge >= 0.3 is 6.09 Å². The molecule has 3 atom stereocenters. The molecule has 4 N–H and O–H groups in total. The van der Waals surface area contributed by atoms with Crippen LogP contribution >= 0.6 is 0 Å². The maximum absolute atomic E-state index is 12.9. The second kappa shape index (κ2) is 8.33. The van der Waals surface area contributed by atoms with Crippen LogP contribution in [0.1, 0.15) is 54.4 Å². The van der Waals surface area contributed by atoms with E-state index < -0.39 is 18.0 Å². The number of fused-ring (bicyclic) bond motifs is 1. The van der Waals surface area contributed by atoms with Gasteiger partial charge in [0, 0.05) is 35.8 Å². The molecule has 4 amide bonds. The van der Waals surface area contributed by atoms with Crippen molar-refractivity contribution in [1.29, 1.82) is 0 Å². The van der Waals surface area contributed by atoms with E-state index in [1.54, 1.807) is 11.0 Å². The maximum atomic E-state index is 12.9. The van der Waals surface area contributed by atoms with Crippen LogP contribution in [0.4, 0.5) is 10.5 Å². The molecule has 4 rings (SSSR count). The molecule has 1 aromatic carbocycles. The van der Waals surface area contributed by atoms with Crippen LogP contribution < -0.4 is 16.4 Å². The van der Waals surface area contributed by atoms with Crippen molar-refractivity contribution in [2.45, 2.75) is 57.2 Å².